The number of rotatable bonds is 14. The first-order chi connectivity index (χ1) is 17.0. The molecule has 0 fully saturated rings. The van der Waals surface area contributed by atoms with Crippen LogP contribution in [0.1, 0.15) is 61.3 Å². The van der Waals surface area contributed by atoms with Crippen LogP contribution in [0.25, 0.3) is 11.1 Å². The fourth-order valence-corrected chi connectivity index (χ4v) is 5.99. The van der Waals surface area contributed by atoms with E-state index >= 15 is 0 Å². The number of esters is 2. The Bertz CT molecular complexity index is 1190. The highest BCUT2D eigenvalue weighted by molar-refractivity contribution is 7.91. The first kappa shape index (κ1) is 29.6. The van der Waals surface area contributed by atoms with Gasteiger partial charge in [0.05, 0.1) is 25.3 Å². The van der Waals surface area contributed by atoms with Crippen LogP contribution in [0.15, 0.2) is 28.5 Å². The van der Waals surface area contributed by atoms with Crippen LogP contribution in [-0.2, 0) is 42.1 Å². The van der Waals surface area contributed by atoms with Gasteiger partial charge < -0.3 is 14.8 Å². The maximum Gasteiger partial charge on any atom is 0.375 e. The molecule has 198 valence electrons. The number of hydrogen-bond acceptors (Lipinski definition) is 9. The Morgan fingerprint density at radius 1 is 1.14 bits per heavy atom. The van der Waals surface area contributed by atoms with Crippen LogP contribution in [0.4, 0.5) is 0 Å². The van der Waals surface area contributed by atoms with Crippen molar-refractivity contribution in [2.24, 2.45) is 11.1 Å². The van der Waals surface area contributed by atoms with Gasteiger partial charge in [-0.25, -0.2) is 23.1 Å². The Morgan fingerprint density at radius 2 is 1.86 bits per heavy atom. The van der Waals surface area contributed by atoms with Crippen molar-refractivity contribution in [1.29, 1.82) is 0 Å². The molecule has 0 amide bonds. The number of benzene rings is 1. The van der Waals surface area contributed by atoms with E-state index in [1.54, 1.807) is 31.2 Å². The number of primary sulfonamides is 1. The zero-order valence-corrected chi connectivity index (χ0v) is 22.7. The zero-order valence-electron chi connectivity index (χ0n) is 21.1. The quantitative estimate of drug-likeness (QED) is 0.212. The Hall–Kier alpha value is -2.60. The van der Waals surface area contributed by atoms with E-state index in [1.165, 1.54) is 0 Å². The van der Waals surface area contributed by atoms with Crippen molar-refractivity contribution >= 4 is 39.1 Å². The fraction of sp³-hybridized carbons (Fsp3) is 0.480. The Labute approximate surface area is 216 Å². The summed E-state index contributed by atoms with van der Waals surface area (Å²) >= 11 is 0.994. The third-order valence-electron chi connectivity index (χ3n) is 5.07. The average Bonchev–Trinajstić information content (AvgIpc) is 3.18. The summed E-state index contributed by atoms with van der Waals surface area (Å²) < 4.78 is 35.2. The van der Waals surface area contributed by atoms with Crippen molar-refractivity contribution in [3.05, 3.63) is 40.3 Å². The second-order valence-corrected chi connectivity index (χ2v) is 11.5. The SMILES string of the molecule is CCCCOC(=O)c1c(CC(C)C)sc(S(N)(=O)=O)c1-c1cccc(CNCC(=O)C(=O)OCC)c1. The van der Waals surface area contributed by atoms with Crippen molar-refractivity contribution in [1.82, 2.24) is 5.32 Å². The van der Waals surface area contributed by atoms with Crippen LogP contribution >= 0.6 is 11.3 Å². The molecule has 0 aliphatic carbocycles. The summed E-state index contributed by atoms with van der Waals surface area (Å²) in [7, 11) is -4.13. The van der Waals surface area contributed by atoms with E-state index in [0.717, 1.165) is 17.8 Å². The first-order valence-corrected chi connectivity index (χ1v) is 14.2. The lowest BCUT2D eigenvalue weighted by Gasteiger charge is -2.12. The van der Waals surface area contributed by atoms with Gasteiger partial charge in [-0.1, -0.05) is 45.4 Å². The monoisotopic (exact) mass is 538 g/mol. The molecule has 0 saturated carbocycles. The number of ether oxygens (including phenoxy) is 2. The van der Waals surface area contributed by atoms with E-state index < -0.39 is 27.7 Å². The summed E-state index contributed by atoms with van der Waals surface area (Å²) in [5, 5.41) is 8.46. The van der Waals surface area contributed by atoms with Gasteiger partial charge in [-0.15, -0.1) is 11.3 Å². The van der Waals surface area contributed by atoms with E-state index in [9.17, 15) is 22.8 Å². The normalized spacial score (nSPS) is 11.5. The minimum atomic E-state index is -4.13. The molecule has 0 aliphatic rings. The van der Waals surface area contributed by atoms with E-state index in [1.807, 2.05) is 20.8 Å². The molecular weight excluding hydrogens is 504 g/mol. The van der Waals surface area contributed by atoms with Gasteiger partial charge >= 0.3 is 11.9 Å². The fourth-order valence-electron chi connectivity index (χ4n) is 3.47. The standard InChI is InChI=1S/C25H34N2O7S2/c1-5-7-11-34-24(30)22-20(12-16(3)4)35-25(36(26,31)32)21(22)18-10-8-9-17(13-18)14-27-15-19(28)23(29)33-6-2/h8-10,13,16,27H,5-7,11-12,14-15H2,1-4H3,(H2,26,31,32). The Balaban J connectivity index is 2.47. The summed E-state index contributed by atoms with van der Waals surface area (Å²) in [5.74, 6) is -2.01. The maximum absolute atomic E-state index is 13.2. The summed E-state index contributed by atoms with van der Waals surface area (Å²) in [6, 6.07) is 6.92. The highest BCUT2D eigenvalue weighted by Gasteiger charge is 2.31. The van der Waals surface area contributed by atoms with E-state index in [2.05, 4.69) is 10.1 Å². The van der Waals surface area contributed by atoms with E-state index in [0.29, 0.717) is 28.8 Å². The van der Waals surface area contributed by atoms with Crippen molar-refractivity contribution in [3.63, 3.8) is 0 Å². The number of hydrogen-bond donors (Lipinski definition) is 2. The van der Waals surface area contributed by atoms with Crippen LogP contribution in [-0.4, -0.2) is 45.9 Å². The molecule has 11 heteroatoms. The highest BCUT2D eigenvalue weighted by atomic mass is 32.2. The molecule has 2 rings (SSSR count). The number of nitrogens with two attached hydrogens (primary N) is 1. The minimum absolute atomic E-state index is 0.0943. The number of thiophene rings is 1. The average molecular weight is 539 g/mol. The second kappa shape index (κ2) is 13.6. The summed E-state index contributed by atoms with van der Waals surface area (Å²) in [6.07, 6.45) is 2.03. The Kier molecular flexibility index (Phi) is 11.2. The molecule has 1 aromatic heterocycles. The smallest absolute Gasteiger partial charge is 0.375 e. The molecule has 2 aromatic rings. The molecule has 0 saturated heterocycles. The third-order valence-corrected chi connectivity index (χ3v) is 7.74. The van der Waals surface area contributed by atoms with E-state index in [-0.39, 0.29) is 47.6 Å². The molecule has 0 unspecified atom stereocenters. The van der Waals surface area contributed by atoms with Gasteiger partial charge in [-0.05, 0) is 42.9 Å². The van der Waals surface area contributed by atoms with Gasteiger partial charge in [-0.2, -0.15) is 0 Å². The number of carbonyl (C=O) groups is 3. The van der Waals surface area contributed by atoms with Gasteiger partial charge in [0.25, 0.3) is 5.78 Å². The van der Waals surface area contributed by atoms with Gasteiger partial charge in [-0.3, -0.25) is 4.79 Å². The van der Waals surface area contributed by atoms with Gasteiger partial charge in [0.15, 0.2) is 0 Å². The molecular formula is C25H34N2O7S2. The van der Waals surface area contributed by atoms with Crippen LogP contribution in [0, 0.1) is 5.92 Å². The van der Waals surface area contributed by atoms with Crippen LogP contribution in [0.5, 0.6) is 0 Å². The number of ketones is 1. The second-order valence-electron chi connectivity index (χ2n) is 8.64. The zero-order chi connectivity index (χ0) is 26.9. The molecule has 1 aromatic carbocycles. The van der Waals surface area contributed by atoms with Crippen LogP contribution in [0.3, 0.4) is 0 Å². The lowest BCUT2D eigenvalue weighted by Crippen LogP contribution is -2.29. The maximum atomic E-state index is 13.2. The van der Waals surface area contributed by atoms with E-state index in [4.69, 9.17) is 9.88 Å². The third kappa shape index (κ3) is 8.22. The number of unbranched alkanes of at least 4 members (excludes halogenated alkanes) is 1. The number of nitrogens with one attached hydrogen (secondary N) is 1. The van der Waals surface area contributed by atoms with Crippen molar-refractivity contribution < 1.29 is 32.3 Å². The summed E-state index contributed by atoms with van der Waals surface area (Å²) in [6.45, 7) is 7.91. The van der Waals surface area contributed by atoms with Crippen molar-refractivity contribution in [2.75, 3.05) is 19.8 Å². The lowest BCUT2D eigenvalue weighted by atomic mass is 9.98. The Morgan fingerprint density at radius 3 is 2.47 bits per heavy atom. The molecule has 0 bridgehead atoms. The molecule has 0 atom stereocenters. The minimum Gasteiger partial charge on any atom is -0.462 e. The topological polar surface area (TPSA) is 142 Å². The number of sulfonamides is 1. The van der Waals surface area contributed by atoms with Gasteiger partial charge in [0.1, 0.15) is 4.21 Å². The molecule has 36 heavy (non-hydrogen) atoms. The van der Waals surface area contributed by atoms with Crippen LogP contribution < -0.4 is 10.5 Å². The number of Topliss-reactive ketones (excluding diaryl/α,β-unsaturated/α-hetero) is 1. The molecule has 1 heterocycles. The molecule has 0 radical (unpaired) electrons. The number of carbonyl (C=O) groups excluding carboxylic acids is 3. The van der Waals surface area contributed by atoms with Gasteiger partial charge in [0, 0.05) is 17.0 Å². The van der Waals surface area contributed by atoms with Gasteiger partial charge in [0.2, 0.25) is 10.0 Å². The largest absolute Gasteiger partial charge is 0.462 e. The first-order valence-electron chi connectivity index (χ1n) is 11.8. The van der Waals surface area contributed by atoms with Crippen molar-refractivity contribution in [3.8, 4) is 11.1 Å². The summed E-state index contributed by atoms with van der Waals surface area (Å²) in [4.78, 5) is 37.1. The molecule has 0 spiro atoms. The summed E-state index contributed by atoms with van der Waals surface area (Å²) in [5.41, 5.74) is 1.65. The van der Waals surface area contributed by atoms with Crippen molar-refractivity contribution in [2.45, 2.75) is 57.7 Å². The van der Waals surface area contributed by atoms with Crippen LogP contribution in [0.2, 0.25) is 0 Å². The predicted molar refractivity (Wildman–Crippen MR) is 138 cm³/mol. The predicted octanol–water partition coefficient (Wildman–Crippen LogP) is 3.44. The highest BCUT2D eigenvalue weighted by Crippen LogP contribution is 2.41. The lowest BCUT2D eigenvalue weighted by molar-refractivity contribution is -0.153. The molecule has 9 nitrogen and oxygen atoms in total. The molecule has 3 N–H and O–H groups in total. The molecule has 0 aliphatic heterocycles.